The highest BCUT2D eigenvalue weighted by molar-refractivity contribution is 5.62. The normalized spacial score (nSPS) is 8.71. The van der Waals surface area contributed by atoms with Gasteiger partial charge in [0, 0.05) is 7.11 Å². The maximum atomic E-state index is 7.00. The molecule has 0 aliphatic carbocycles. The second kappa shape index (κ2) is 5.95. The molecule has 0 saturated carbocycles. The van der Waals surface area contributed by atoms with Crippen molar-refractivity contribution in [3.05, 3.63) is 60.7 Å². The predicted octanol–water partition coefficient (Wildman–Crippen LogP) is 2.96. The van der Waals surface area contributed by atoms with Crippen molar-refractivity contribution in [2.24, 2.45) is 0 Å². The summed E-state index contributed by atoms with van der Waals surface area (Å²) in [6.45, 7) is 0. The Balaban J connectivity index is 0.000000461. The van der Waals surface area contributed by atoms with Gasteiger partial charge in [-0.3, -0.25) is 0 Å². The van der Waals surface area contributed by atoms with Crippen molar-refractivity contribution >= 4 is 0 Å². The first-order chi connectivity index (χ1) is 6.97. The minimum Gasteiger partial charge on any atom is -0.400 e. The number of benzene rings is 2. The lowest BCUT2D eigenvalue weighted by Crippen LogP contribution is -1.73. The van der Waals surface area contributed by atoms with Crippen LogP contribution in [0.25, 0.3) is 11.1 Å². The number of rotatable bonds is 1. The summed E-state index contributed by atoms with van der Waals surface area (Å²) >= 11 is 0. The van der Waals surface area contributed by atoms with Crippen LogP contribution in [0.1, 0.15) is 0 Å². The molecule has 0 fully saturated rings. The molecule has 2 aromatic rings. The largest absolute Gasteiger partial charge is 0.400 e. The Morgan fingerprint density at radius 2 is 0.857 bits per heavy atom. The average Bonchev–Trinajstić information content (AvgIpc) is 2.34. The van der Waals surface area contributed by atoms with Crippen molar-refractivity contribution in [3.63, 3.8) is 0 Å². The van der Waals surface area contributed by atoms with Crippen molar-refractivity contribution in [2.45, 2.75) is 0 Å². The van der Waals surface area contributed by atoms with E-state index in [2.05, 4.69) is 48.5 Å². The summed E-state index contributed by atoms with van der Waals surface area (Å²) in [5.41, 5.74) is 2.55. The van der Waals surface area contributed by atoms with Gasteiger partial charge in [0.25, 0.3) is 0 Å². The standard InChI is InChI=1S/C12H10.CH4O/c1-3-7-11(8-4-1)12-9-5-2-6-10-12;1-2/h1-10H;2H,1H3. The zero-order valence-electron chi connectivity index (χ0n) is 8.22. The molecule has 1 nitrogen and oxygen atoms in total. The molecule has 2 rings (SSSR count). The van der Waals surface area contributed by atoms with Crippen LogP contribution in [0.4, 0.5) is 0 Å². The summed E-state index contributed by atoms with van der Waals surface area (Å²) in [4.78, 5) is 0. The van der Waals surface area contributed by atoms with Gasteiger partial charge in [-0.1, -0.05) is 60.7 Å². The third-order valence-electron chi connectivity index (χ3n) is 1.88. The fourth-order valence-electron chi connectivity index (χ4n) is 1.26. The molecule has 0 amide bonds. The maximum Gasteiger partial charge on any atom is 0.0319 e. The Labute approximate surface area is 84.7 Å². The minimum atomic E-state index is 1.00. The zero-order chi connectivity index (χ0) is 10.2. The Morgan fingerprint density at radius 3 is 1.14 bits per heavy atom. The Bertz CT molecular complexity index is 303. The highest BCUT2D eigenvalue weighted by Gasteiger charge is 1.91. The third-order valence-corrected chi connectivity index (χ3v) is 1.88. The van der Waals surface area contributed by atoms with Crippen LogP contribution in [0.15, 0.2) is 60.7 Å². The first-order valence-electron chi connectivity index (χ1n) is 4.52. The van der Waals surface area contributed by atoms with Gasteiger partial charge in [0.1, 0.15) is 0 Å². The molecule has 1 N–H and O–H groups in total. The summed E-state index contributed by atoms with van der Waals surface area (Å²) in [5.74, 6) is 0. The molecule has 0 atom stereocenters. The minimum absolute atomic E-state index is 1.00. The first kappa shape index (κ1) is 10.5. The van der Waals surface area contributed by atoms with Gasteiger partial charge >= 0.3 is 0 Å². The number of hydrogen-bond acceptors (Lipinski definition) is 1. The second-order valence-electron chi connectivity index (χ2n) is 2.73. The van der Waals surface area contributed by atoms with E-state index in [-0.39, 0.29) is 0 Å². The van der Waals surface area contributed by atoms with Crippen LogP contribution >= 0.6 is 0 Å². The third kappa shape index (κ3) is 2.71. The molecule has 0 unspecified atom stereocenters. The van der Waals surface area contributed by atoms with E-state index in [1.54, 1.807) is 0 Å². The highest BCUT2D eigenvalue weighted by Crippen LogP contribution is 2.17. The number of hydrogen-bond donors (Lipinski definition) is 1. The van der Waals surface area contributed by atoms with Gasteiger partial charge in [-0.2, -0.15) is 0 Å². The van der Waals surface area contributed by atoms with E-state index in [1.165, 1.54) is 11.1 Å². The molecule has 0 saturated heterocycles. The summed E-state index contributed by atoms with van der Waals surface area (Å²) in [6, 6.07) is 20.8. The molecule has 0 aliphatic rings. The first-order valence-corrected chi connectivity index (χ1v) is 4.52. The van der Waals surface area contributed by atoms with Crippen LogP contribution in [0.2, 0.25) is 0 Å². The van der Waals surface area contributed by atoms with Crippen molar-refractivity contribution in [2.75, 3.05) is 7.11 Å². The van der Waals surface area contributed by atoms with Crippen molar-refractivity contribution in [1.82, 2.24) is 0 Å². The Hall–Kier alpha value is -1.60. The topological polar surface area (TPSA) is 20.2 Å². The Kier molecular flexibility index (Phi) is 4.45. The van der Waals surface area contributed by atoms with E-state index in [4.69, 9.17) is 5.11 Å². The van der Waals surface area contributed by atoms with Gasteiger partial charge in [-0.15, -0.1) is 0 Å². The summed E-state index contributed by atoms with van der Waals surface area (Å²) in [6.07, 6.45) is 0. The van der Waals surface area contributed by atoms with Crippen molar-refractivity contribution < 1.29 is 5.11 Å². The van der Waals surface area contributed by atoms with E-state index in [0.717, 1.165) is 7.11 Å². The lowest BCUT2D eigenvalue weighted by Gasteiger charge is -1.98. The lowest BCUT2D eigenvalue weighted by atomic mass is 10.1. The molecule has 0 radical (unpaired) electrons. The average molecular weight is 186 g/mol. The lowest BCUT2D eigenvalue weighted by molar-refractivity contribution is 0.399. The molecule has 0 bridgehead atoms. The molecule has 0 aromatic heterocycles. The van der Waals surface area contributed by atoms with E-state index >= 15 is 0 Å². The smallest absolute Gasteiger partial charge is 0.0319 e. The summed E-state index contributed by atoms with van der Waals surface area (Å²) in [7, 11) is 1.00. The van der Waals surface area contributed by atoms with Crippen molar-refractivity contribution in [3.8, 4) is 11.1 Å². The molecule has 72 valence electrons. The Morgan fingerprint density at radius 1 is 0.571 bits per heavy atom. The van der Waals surface area contributed by atoms with E-state index < -0.39 is 0 Å². The van der Waals surface area contributed by atoms with Gasteiger partial charge in [0.05, 0.1) is 0 Å². The SMILES string of the molecule is CO.c1ccc(-c2ccccc2)cc1. The molecule has 0 heterocycles. The van der Waals surface area contributed by atoms with Gasteiger partial charge in [0.2, 0.25) is 0 Å². The van der Waals surface area contributed by atoms with Crippen LogP contribution in [0.3, 0.4) is 0 Å². The predicted molar refractivity (Wildman–Crippen MR) is 60.0 cm³/mol. The summed E-state index contributed by atoms with van der Waals surface area (Å²) < 4.78 is 0. The molecule has 2 aromatic carbocycles. The van der Waals surface area contributed by atoms with Crippen LogP contribution < -0.4 is 0 Å². The molecular weight excluding hydrogens is 172 g/mol. The quantitative estimate of drug-likeness (QED) is 0.726. The zero-order valence-corrected chi connectivity index (χ0v) is 8.22. The fraction of sp³-hybridized carbons (Fsp3) is 0.0769. The van der Waals surface area contributed by atoms with Gasteiger partial charge in [0.15, 0.2) is 0 Å². The number of aliphatic hydroxyl groups is 1. The molecule has 1 heteroatoms. The van der Waals surface area contributed by atoms with Crippen LogP contribution in [0, 0.1) is 0 Å². The highest BCUT2D eigenvalue weighted by atomic mass is 16.2. The van der Waals surface area contributed by atoms with Crippen molar-refractivity contribution in [1.29, 1.82) is 0 Å². The molecule has 0 aliphatic heterocycles. The van der Waals surface area contributed by atoms with E-state index in [0.29, 0.717) is 0 Å². The van der Waals surface area contributed by atoms with Crippen LogP contribution in [-0.2, 0) is 0 Å². The molecule has 0 spiro atoms. The van der Waals surface area contributed by atoms with E-state index in [1.807, 2.05) is 12.1 Å². The van der Waals surface area contributed by atoms with Crippen LogP contribution in [-0.4, -0.2) is 12.2 Å². The number of aliphatic hydroxyl groups excluding tert-OH is 1. The van der Waals surface area contributed by atoms with Gasteiger partial charge in [-0.25, -0.2) is 0 Å². The van der Waals surface area contributed by atoms with Gasteiger partial charge in [-0.05, 0) is 11.1 Å². The maximum absolute atomic E-state index is 7.00. The molecule has 14 heavy (non-hydrogen) atoms. The van der Waals surface area contributed by atoms with E-state index in [9.17, 15) is 0 Å². The van der Waals surface area contributed by atoms with Crippen LogP contribution in [0.5, 0.6) is 0 Å². The summed E-state index contributed by atoms with van der Waals surface area (Å²) in [5, 5.41) is 7.00. The fourth-order valence-corrected chi connectivity index (χ4v) is 1.26. The monoisotopic (exact) mass is 186 g/mol. The van der Waals surface area contributed by atoms with Gasteiger partial charge < -0.3 is 5.11 Å². The second-order valence-corrected chi connectivity index (χ2v) is 2.73. The molecular formula is C13H14O.